The van der Waals surface area contributed by atoms with Crippen molar-refractivity contribution in [2.45, 2.75) is 6.54 Å². The molecule has 2 N–H and O–H groups in total. The average Bonchev–Trinajstić information content (AvgIpc) is 2.76. The molecule has 1 heterocycles. The first kappa shape index (κ1) is 11.0. The third kappa shape index (κ3) is 1.89. The molecule has 0 bridgehead atoms. The number of benzene rings is 1. The molecule has 82 valence electrons. The summed E-state index contributed by atoms with van der Waals surface area (Å²) in [7, 11) is 0. The van der Waals surface area contributed by atoms with Crippen molar-refractivity contribution in [2.24, 2.45) is 5.73 Å². The van der Waals surface area contributed by atoms with Crippen molar-refractivity contribution < 1.29 is 4.79 Å². The fourth-order valence-electron chi connectivity index (χ4n) is 1.37. The fraction of sp³-hybridized carbons (Fsp3) is 0.100. The number of nitrogens with two attached hydrogens (primary N) is 1. The van der Waals surface area contributed by atoms with Gasteiger partial charge in [-0.05, 0) is 33.6 Å². The standard InChI is InChI=1S/C10H9BrN4O/c11-8-3-7(4-12)1-2-9(8)15-10(5-16)13-6-14-15/h1-3,5-6H,4,12H2. The van der Waals surface area contributed by atoms with Crippen LogP contribution in [-0.4, -0.2) is 21.1 Å². The van der Waals surface area contributed by atoms with Gasteiger partial charge in [0.15, 0.2) is 12.1 Å². The molecule has 0 unspecified atom stereocenters. The molecule has 1 aromatic carbocycles. The Morgan fingerprint density at radius 1 is 1.50 bits per heavy atom. The number of nitrogens with zero attached hydrogens (tertiary/aromatic N) is 3. The summed E-state index contributed by atoms with van der Waals surface area (Å²) in [5, 5.41) is 3.99. The van der Waals surface area contributed by atoms with E-state index in [1.54, 1.807) is 0 Å². The topological polar surface area (TPSA) is 73.8 Å². The first-order chi connectivity index (χ1) is 7.76. The van der Waals surface area contributed by atoms with Crippen molar-refractivity contribution in [1.29, 1.82) is 0 Å². The molecule has 0 fully saturated rings. The highest BCUT2D eigenvalue weighted by atomic mass is 79.9. The Kier molecular flexibility index (Phi) is 3.12. The van der Waals surface area contributed by atoms with E-state index in [4.69, 9.17) is 5.73 Å². The van der Waals surface area contributed by atoms with Crippen LogP contribution in [0.5, 0.6) is 0 Å². The van der Waals surface area contributed by atoms with E-state index in [9.17, 15) is 4.79 Å². The second-order valence-corrected chi connectivity index (χ2v) is 3.99. The predicted octanol–water partition coefficient (Wildman–Crippen LogP) is 1.30. The molecular weight excluding hydrogens is 272 g/mol. The summed E-state index contributed by atoms with van der Waals surface area (Å²) in [6, 6.07) is 5.62. The monoisotopic (exact) mass is 280 g/mol. The maximum Gasteiger partial charge on any atom is 0.196 e. The smallest absolute Gasteiger partial charge is 0.196 e. The van der Waals surface area contributed by atoms with Crippen molar-refractivity contribution in [3.05, 3.63) is 40.4 Å². The summed E-state index contributed by atoms with van der Waals surface area (Å²) in [6.45, 7) is 0.469. The lowest BCUT2D eigenvalue weighted by Crippen LogP contribution is -2.04. The summed E-state index contributed by atoms with van der Waals surface area (Å²) < 4.78 is 2.29. The molecular formula is C10H9BrN4O. The number of hydrogen-bond donors (Lipinski definition) is 1. The van der Waals surface area contributed by atoms with Crippen LogP contribution in [0.25, 0.3) is 5.69 Å². The van der Waals surface area contributed by atoms with Crippen LogP contribution in [-0.2, 0) is 6.54 Å². The van der Waals surface area contributed by atoms with Crippen molar-refractivity contribution in [3.8, 4) is 5.69 Å². The summed E-state index contributed by atoms with van der Waals surface area (Å²) in [5.41, 5.74) is 7.30. The number of hydrogen-bond acceptors (Lipinski definition) is 4. The van der Waals surface area contributed by atoms with Crippen molar-refractivity contribution in [3.63, 3.8) is 0 Å². The van der Waals surface area contributed by atoms with Gasteiger partial charge >= 0.3 is 0 Å². The van der Waals surface area contributed by atoms with Gasteiger partial charge in [0.25, 0.3) is 0 Å². The highest BCUT2D eigenvalue weighted by molar-refractivity contribution is 9.10. The van der Waals surface area contributed by atoms with Crippen LogP contribution in [0.4, 0.5) is 0 Å². The Labute approximate surface area is 100 Å². The number of aromatic nitrogens is 3. The Morgan fingerprint density at radius 3 is 2.94 bits per heavy atom. The van der Waals surface area contributed by atoms with E-state index < -0.39 is 0 Å². The highest BCUT2D eigenvalue weighted by Gasteiger charge is 2.08. The summed E-state index contributed by atoms with van der Waals surface area (Å²) in [6.07, 6.45) is 2.00. The maximum atomic E-state index is 10.7. The molecule has 0 atom stereocenters. The normalized spacial score (nSPS) is 10.4. The van der Waals surface area contributed by atoms with Gasteiger partial charge in [0.1, 0.15) is 6.33 Å². The zero-order valence-corrected chi connectivity index (χ0v) is 9.89. The Balaban J connectivity index is 2.52. The molecule has 6 heteroatoms. The van der Waals surface area contributed by atoms with E-state index in [-0.39, 0.29) is 5.82 Å². The van der Waals surface area contributed by atoms with Gasteiger partial charge < -0.3 is 5.73 Å². The van der Waals surface area contributed by atoms with Crippen LogP contribution in [0.1, 0.15) is 16.2 Å². The second-order valence-electron chi connectivity index (χ2n) is 3.14. The highest BCUT2D eigenvalue weighted by Crippen LogP contribution is 2.22. The van der Waals surface area contributed by atoms with E-state index in [1.165, 1.54) is 11.0 Å². The third-order valence-corrected chi connectivity index (χ3v) is 2.79. The molecule has 0 aliphatic rings. The zero-order chi connectivity index (χ0) is 11.5. The van der Waals surface area contributed by atoms with Crippen molar-refractivity contribution in [2.75, 3.05) is 0 Å². The number of aldehydes is 1. The Hall–Kier alpha value is -1.53. The average molecular weight is 281 g/mol. The first-order valence-corrected chi connectivity index (χ1v) is 5.39. The van der Waals surface area contributed by atoms with Crippen molar-refractivity contribution in [1.82, 2.24) is 14.8 Å². The Morgan fingerprint density at radius 2 is 2.31 bits per heavy atom. The second kappa shape index (κ2) is 4.54. The van der Waals surface area contributed by atoms with Gasteiger partial charge in [-0.3, -0.25) is 4.79 Å². The molecule has 0 saturated carbocycles. The fourth-order valence-corrected chi connectivity index (χ4v) is 1.96. The Bertz CT molecular complexity index is 523. The number of carbonyl (C=O) groups is 1. The molecule has 2 rings (SSSR count). The van der Waals surface area contributed by atoms with E-state index in [1.807, 2.05) is 18.2 Å². The lowest BCUT2D eigenvalue weighted by molar-refractivity contribution is 0.111. The van der Waals surface area contributed by atoms with Gasteiger partial charge in [-0.25, -0.2) is 9.67 Å². The number of halogens is 1. The zero-order valence-electron chi connectivity index (χ0n) is 8.30. The third-order valence-electron chi connectivity index (χ3n) is 2.16. The van der Waals surface area contributed by atoms with Crippen LogP contribution in [0, 0.1) is 0 Å². The van der Waals surface area contributed by atoms with Gasteiger partial charge in [-0.15, -0.1) is 0 Å². The molecule has 0 saturated heterocycles. The first-order valence-electron chi connectivity index (χ1n) is 4.60. The van der Waals surface area contributed by atoms with Crippen LogP contribution >= 0.6 is 15.9 Å². The largest absolute Gasteiger partial charge is 0.326 e. The van der Waals surface area contributed by atoms with Gasteiger partial charge in [-0.2, -0.15) is 5.10 Å². The van der Waals surface area contributed by atoms with E-state index >= 15 is 0 Å². The van der Waals surface area contributed by atoms with Crippen LogP contribution < -0.4 is 5.73 Å². The van der Waals surface area contributed by atoms with E-state index in [0.717, 1.165) is 15.7 Å². The summed E-state index contributed by atoms with van der Waals surface area (Å²) in [4.78, 5) is 14.6. The SMILES string of the molecule is NCc1ccc(-n2ncnc2C=O)c(Br)c1. The predicted molar refractivity (Wildman–Crippen MR) is 62.3 cm³/mol. The molecule has 1 aromatic heterocycles. The molecule has 0 aliphatic heterocycles. The summed E-state index contributed by atoms with van der Waals surface area (Å²) in [5.74, 6) is 0.265. The maximum absolute atomic E-state index is 10.7. The molecule has 16 heavy (non-hydrogen) atoms. The van der Waals surface area contributed by atoms with Gasteiger partial charge in [-0.1, -0.05) is 6.07 Å². The van der Waals surface area contributed by atoms with Gasteiger partial charge in [0, 0.05) is 11.0 Å². The molecule has 5 nitrogen and oxygen atoms in total. The molecule has 0 radical (unpaired) electrons. The van der Waals surface area contributed by atoms with E-state index in [0.29, 0.717) is 12.8 Å². The van der Waals surface area contributed by atoms with Gasteiger partial charge in [0.2, 0.25) is 0 Å². The minimum atomic E-state index is 0.265. The van der Waals surface area contributed by atoms with Crippen LogP contribution in [0.3, 0.4) is 0 Å². The minimum Gasteiger partial charge on any atom is -0.326 e. The van der Waals surface area contributed by atoms with Crippen molar-refractivity contribution >= 4 is 22.2 Å². The number of rotatable bonds is 3. The lowest BCUT2D eigenvalue weighted by atomic mass is 10.2. The molecule has 0 aliphatic carbocycles. The van der Waals surface area contributed by atoms with E-state index in [2.05, 4.69) is 26.0 Å². The van der Waals surface area contributed by atoms with Gasteiger partial charge in [0.05, 0.1) is 5.69 Å². The molecule has 2 aromatic rings. The number of carbonyl (C=O) groups excluding carboxylic acids is 1. The quantitative estimate of drug-likeness (QED) is 0.860. The molecule has 0 spiro atoms. The van der Waals surface area contributed by atoms with Crippen LogP contribution in [0.2, 0.25) is 0 Å². The summed E-state index contributed by atoms with van der Waals surface area (Å²) >= 11 is 3.41. The molecule has 0 amide bonds. The minimum absolute atomic E-state index is 0.265. The lowest BCUT2D eigenvalue weighted by Gasteiger charge is -2.06. The van der Waals surface area contributed by atoms with Crippen LogP contribution in [0.15, 0.2) is 29.0 Å².